The molecular formula is C21H24BrN3O2. The number of likely N-dealkylation sites (tertiary alicyclic amines) is 1. The predicted octanol–water partition coefficient (Wildman–Crippen LogP) is 4.40. The zero-order valence-corrected chi connectivity index (χ0v) is 17.0. The molecule has 0 unspecified atom stereocenters. The molecule has 3 rings (SSSR count). The second-order valence-corrected chi connectivity index (χ2v) is 8.11. The number of anilines is 1. The highest BCUT2D eigenvalue weighted by Gasteiger charge is 2.39. The highest BCUT2D eigenvalue weighted by molar-refractivity contribution is 9.10. The lowest BCUT2D eigenvalue weighted by atomic mass is 9.81. The van der Waals surface area contributed by atoms with Crippen molar-refractivity contribution in [3.05, 3.63) is 64.6 Å². The molecule has 6 heteroatoms. The number of carbonyl (C=O) groups is 2. The van der Waals surface area contributed by atoms with Gasteiger partial charge in [0.25, 0.3) is 0 Å². The third-order valence-electron chi connectivity index (χ3n) is 4.92. The Balaban J connectivity index is 1.58. The van der Waals surface area contributed by atoms with Crippen molar-refractivity contribution in [1.82, 2.24) is 10.2 Å². The van der Waals surface area contributed by atoms with Crippen molar-refractivity contribution in [2.45, 2.75) is 26.3 Å². The van der Waals surface area contributed by atoms with E-state index in [2.05, 4.69) is 26.6 Å². The van der Waals surface area contributed by atoms with E-state index in [0.717, 1.165) is 28.6 Å². The second-order valence-electron chi connectivity index (χ2n) is 7.19. The standard InChI is InChI=1S/C21H24BrN3O2/c1-21(19(26)23-14-16-6-3-2-4-7-16)12-5-13-25(15-21)20(27)24-18-10-8-17(22)9-11-18/h2-4,6-11H,5,12-15H2,1H3,(H,23,26)(H,24,27)/t21-/m0/s1. The van der Waals surface area contributed by atoms with Crippen LogP contribution in [0.5, 0.6) is 0 Å². The molecule has 0 aliphatic carbocycles. The molecule has 1 fully saturated rings. The molecule has 0 radical (unpaired) electrons. The van der Waals surface area contributed by atoms with Gasteiger partial charge in [0.2, 0.25) is 5.91 Å². The molecule has 27 heavy (non-hydrogen) atoms. The molecule has 142 valence electrons. The van der Waals surface area contributed by atoms with Crippen molar-refractivity contribution < 1.29 is 9.59 Å². The van der Waals surface area contributed by atoms with Crippen LogP contribution in [0, 0.1) is 5.41 Å². The largest absolute Gasteiger partial charge is 0.351 e. The lowest BCUT2D eigenvalue weighted by Gasteiger charge is -2.39. The lowest BCUT2D eigenvalue weighted by molar-refractivity contribution is -0.132. The number of nitrogens with zero attached hydrogens (tertiary/aromatic N) is 1. The summed E-state index contributed by atoms with van der Waals surface area (Å²) in [6, 6.07) is 17.1. The number of hydrogen-bond donors (Lipinski definition) is 2. The van der Waals surface area contributed by atoms with Crippen LogP contribution in [-0.4, -0.2) is 29.9 Å². The average molecular weight is 430 g/mol. The number of benzene rings is 2. The van der Waals surface area contributed by atoms with Crippen molar-refractivity contribution >= 4 is 33.6 Å². The molecule has 2 N–H and O–H groups in total. The average Bonchev–Trinajstić information content (AvgIpc) is 2.68. The summed E-state index contributed by atoms with van der Waals surface area (Å²) in [5, 5.41) is 5.93. The number of nitrogens with one attached hydrogen (secondary N) is 2. The van der Waals surface area contributed by atoms with Crippen molar-refractivity contribution in [3.63, 3.8) is 0 Å². The summed E-state index contributed by atoms with van der Waals surface area (Å²) in [5.41, 5.74) is 1.23. The maximum atomic E-state index is 12.8. The van der Waals surface area contributed by atoms with E-state index in [1.165, 1.54) is 0 Å². The molecule has 1 aliphatic heterocycles. The smallest absolute Gasteiger partial charge is 0.321 e. The molecule has 3 amide bonds. The lowest BCUT2D eigenvalue weighted by Crippen LogP contribution is -2.52. The van der Waals surface area contributed by atoms with E-state index in [-0.39, 0.29) is 11.9 Å². The Hall–Kier alpha value is -2.34. The first kappa shape index (κ1) is 19.4. The first-order chi connectivity index (χ1) is 13.0. The predicted molar refractivity (Wildman–Crippen MR) is 110 cm³/mol. The molecule has 2 aromatic rings. The van der Waals surface area contributed by atoms with E-state index in [1.807, 2.05) is 61.5 Å². The first-order valence-electron chi connectivity index (χ1n) is 9.10. The molecule has 2 aromatic carbocycles. The van der Waals surface area contributed by atoms with Crippen LogP contribution in [0.15, 0.2) is 59.1 Å². The minimum atomic E-state index is -0.579. The van der Waals surface area contributed by atoms with E-state index >= 15 is 0 Å². The summed E-state index contributed by atoms with van der Waals surface area (Å²) in [6.45, 7) is 3.51. The van der Waals surface area contributed by atoms with Gasteiger partial charge in [-0.3, -0.25) is 4.79 Å². The number of halogens is 1. The van der Waals surface area contributed by atoms with Crippen LogP contribution in [0.25, 0.3) is 0 Å². The van der Waals surface area contributed by atoms with Crippen molar-refractivity contribution in [2.24, 2.45) is 5.41 Å². The molecule has 0 spiro atoms. The van der Waals surface area contributed by atoms with Gasteiger partial charge in [-0.05, 0) is 49.6 Å². The van der Waals surface area contributed by atoms with Crippen molar-refractivity contribution in [2.75, 3.05) is 18.4 Å². The molecule has 1 atom stereocenters. The molecule has 1 aliphatic rings. The summed E-state index contributed by atoms with van der Waals surface area (Å²) >= 11 is 3.38. The number of amides is 3. The Kier molecular flexibility index (Phi) is 6.16. The Morgan fingerprint density at radius 2 is 1.81 bits per heavy atom. The van der Waals surface area contributed by atoms with Gasteiger partial charge in [-0.25, -0.2) is 4.79 Å². The van der Waals surface area contributed by atoms with E-state index in [4.69, 9.17) is 0 Å². The van der Waals surface area contributed by atoms with Crippen LogP contribution in [0.4, 0.5) is 10.5 Å². The number of hydrogen-bond acceptors (Lipinski definition) is 2. The molecule has 0 aromatic heterocycles. The normalized spacial score (nSPS) is 19.4. The fraction of sp³-hybridized carbons (Fsp3) is 0.333. The minimum absolute atomic E-state index is 0.00695. The second kappa shape index (κ2) is 8.57. The van der Waals surface area contributed by atoms with Gasteiger partial charge in [-0.15, -0.1) is 0 Å². The van der Waals surface area contributed by atoms with Gasteiger partial charge in [-0.1, -0.05) is 46.3 Å². The van der Waals surface area contributed by atoms with Gasteiger partial charge < -0.3 is 15.5 Å². The highest BCUT2D eigenvalue weighted by Crippen LogP contribution is 2.30. The van der Waals surface area contributed by atoms with E-state index < -0.39 is 5.41 Å². The summed E-state index contributed by atoms with van der Waals surface area (Å²) in [7, 11) is 0. The van der Waals surface area contributed by atoms with Crippen molar-refractivity contribution in [3.8, 4) is 0 Å². The fourth-order valence-corrected chi connectivity index (χ4v) is 3.59. The van der Waals surface area contributed by atoms with Gasteiger partial charge >= 0.3 is 6.03 Å². The van der Waals surface area contributed by atoms with Crippen LogP contribution < -0.4 is 10.6 Å². The van der Waals surface area contributed by atoms with E-state index in [1.54, 1.807) is 4.90 Å². The summed E-state index contributed by atoms with van der Waals surface area (Å²) in [6.07, 6.45) is 1.58. The zero-order valence-electron chi connectivity index (χ0n) is 15.4. The Morgan fingerprint density at radius 3 is 2.52 bits per heavy atom. The summed E-state index contributed by atoms with van der Waals surface area (Å²) in [5.74, 6) is -0.00695. The zero-order chi connectivity index (χ0) is 19.3. The van der Waals surface area contributed by atoms with E-state index in [9.17, 15) is 9.59 Å². The molecule has 5 nitrogen and oxygen atoms in total. The third kappa shape index (κ3) is 5.10. The number of piperidine rings is 1. The van der Waals surface area contributed by atoms with Crippen LogP contribution >= 0.6 is 15.9 Å². The number of carbonyl (C=O) groups excluding carboxylic acids is 2. The first-order valence-corrected chi connectivity index (χ1v) is 9.89. The summed E-state index contributed by atoms with van der Waals surface area (Å²) < 4.78 is 0.959. The monoisotopic (exact) mass is 429 g/mol. The van der Waals surface area contributed by atoms with E-state index in [0.29, 0.717) is 19.6 Å². The van der Waals surface area contributed by atoms with Gasteiger partial charge in [0.05, 0.1) is 5.41 Å². The fourth-order valence-electron chi connectivity index (χ4n) is 3.33. The van der Waals surface area contributed by atoms with Crippen molar-refractivity contribution in [1.29, 1.82) is 0 Å². The SMILES string of the molecule is C[C@]1(C(=O)NCc2ccccc2)CCCN(C(=O)Nc2ccc(Br)cc2)C1. The minimum Gasteiger partial charge on any atom is -0.351 e. The third-order valence-corrected chi connectivity index (χ3v) is 5.45. The number of rotatable bonds is 4. The Labute approximate surface area is 168 Å². The van der Waals surface area contributed by atoms with Gasteiger partial charge in [-0.2, -0.15) is 0 Å². The van der Waals surface area contributed by atoms with Crippen LogP contribution in [-0.2, 0) is 11.3 Å². The van der Waals surface area contributed by atoms with Gasteiger partial charge in [0.15, 0.2) is 0 Å². The van der Waals surface area contributed by atoms with Crippen LogP contribution in [0.3, 0.4) is 0 Å². The van der Waals surface area contributed by atoms with Gasteiger partial charge in [0, 0.05) is 29.8 Å². The Bertz CT molecular complexity index is 795. The maximum absolute atomic E-state index is 12.8. The van der Waals surface area contributed by atoms with Gasteiger partial charge in [0.1, 0.15) is 0 Å². The molecule has 0 bridgehead atoms. The maximum Gasteiger partial charge on any atom is 0.321 e. The quantitative estimate of drug-likeness (QED) is 0.756. The van der Waals surface area contributed by atoms with Crippen LogP contribution in [0.2, 0.25) is 0 Å². The topological polar surface area (TPSA) is 61.4 Å². The molecule has 1 saturated heterocycles. The Morgan fingerprint density at radius 1 is 1.11 bits per heavy atom. The molecule has 0 saturated carbocycles. The highest BCUT2D eigenvalue weighted by atomic mass is 79.9. The number of urea groups is 1. The molecule has 1 heterocycles. The van der Waals surface area contributed by atoms with Crippen LogP contribution in [0.1, 0.15) is 25.3 Å². The molecular weight excluding hydrogens is 406 g/mol. The summed E-state index contributed by atoms with van der Waals surface area (Å²) in [4.78, 5) is 27.1.